The summed E-state index contributed by atoms with van der Waals surface area (Å²) in [5.41, 5.74) is 7.44. The van der Waals surface area contributed by atoms with Crippen LogP contribution in [0.3, 0.4) is 0 Å². The lowest BCUT2D eigenvalue weighted by atomic mass is 10.2. The fourth-order valence-corrected chi connectivity index (χ4v) is 1.57. The van der Waals surface area contributed by atoms with Crippen LogP contribution < -0.4 is 11.1 Å². The third kappa shape index (κ3) is 3.34. The van der Waals surface area contributed by atoms with E-state index in [1.54, 1.807) is 4.68 Å². The predicted octanol–water partition coefficient (Wildman–Crippen LogP) is 0.353. The number of carbonyl (C=O) groups excluding carboxylic acids is 1. The summed E-state index contributed by atoms with van der Waals surface area (Å²) in [6.07, 6.45) is 0.847. The molecule has 0 radical (unpaired) electrons. The van der Waals surface area contributed by atoms with Gasteiger partial charge < -0.3 is 11.1 Å². The van der Waals surface area contributed by atoms with Crippen molar-refractivity contribution in [2.24, 2.45) is 5.73 Å². The van der Waals surface area contributed by atoms with Crippen LogP contribution in [0.5, 0.6) is 0 Å². The maximum atomic E-state index is 11.7. The highest BCUT2D eigenvalue weighted by molar-refractivity contribution is 5.76. The van der Waals surface area contributed by atoms with Gasteiger partial charge in [-0.15, -0.1) is 0 Å². The van der Waals surface area contributed by atoms with E-state index in [9.17, 15) is 4.79 Å². The standard InChI is InChI=1S/C11H20N4O/c1-4-10(6-12)13-11(16)7-15-9(3)5-8(2)14-15/h5,10H,4,6-7,12H2,1-3H3,(H,13,16). The van der Waals surface area contributed by atoms with Gasteiger partial charge in [-0.25, -0.2) is 0 Å². The zero-order chi connectivity index (χ0) is 12.1. The van der Waals surface area contributed by atoms with E-state index in [2.05, 4.69) is 10.4 Å². The van der Waals surface area contributed by atoms with Crippen LogP contribution in [0.2, 0.25) is 0 Å². The minimum absolute atomic E-state index is 0.0384. The second-order valence-electron chi connectivity index (χ2n) is 3.99. The molecule has 0 aromatic carbocycles. The molecule has 1 aromatic rings. The maximum Gasteiger partial charge on any atom is 0.242 e. The van der Waals surface area contributed by atoms with E-state index in [-0.39, 0.29) is 18.5 Å². The van der Waals surface area contributed by atoms with Gasteiger partial charge in [0.1, 0.15) is 6.54 Å². The molecule has 1 unspecified atom stereocenters. The van der Waals surface area contributed by atoms with Crippen molar-refractivity contribution in [3.63, 3.8) is 0 Å². The van der Waals surface area contributed by atoms with Crippen molar-refractivity contribution in [1.82, 2.24) is 15.1 Å². The molecule has 1 amide bonds. The average Bonchev–Trinajstić information content (AvgIpc) is 2.54. The minimum Gasteiger partial charge on any atom is -0.351 e. The van der Waals surface area contributed by atoms with E-state index in [4.69, 9.17) is 5.73 Å². The molecule has 16 heavy (non-hydrogen) atoms. The fraction of sp³-hybridized carbons (Fsp3) is 0.636. The number of rotatable bonds is 5. The predicted molar refractivity (Wildman–Crippen MR) is 63.0 cm³/mol. The van der Waals surface area contributed by atoms with Crippen molar-refractivity contribution in [1.29, 1.82) is 0 Å². The van der Waals surface area contributed by atoms with Crippen LogP contribution in [0.25, 0.3) is 0 Å². The molecule has 0 saturated heterocycles. The Kier molecular flexibility index (Phi) is 4.49. The van der Waals surface area contributed by atoms with Gasteiger partial charge in [-0.1, -0.05) is 6.92 Å². The van der Waals surface area contributed by atoms with Crippen LogP contribution in [-0.4, -0.2) is 28.3 Å². The van der Waals surface area contributed by atoms with Gasteiger partial charge in [0.2, 0.25) is 5.91 Å². The largest absolute Gasteiger partial charge is 0.351 e. The molecule has 0 saturated carbocycles. The minimum atomic E-state index is -0.0384. The zero-order valence-corrected chi connectivity index (χ0v) is 10.2. The molecule has 90 valence electrons. The summed E-state index contributed by atoms with van der Waals surface area (Å²) in [6.45, 7) is 6.58. The van der Waals surface area contributed by atoms with E-state index in [1.165, 1.54) is 0 Å². The number of aryl methyl sites for hydroxylation is 2. The number of hydrogen-bond acceptors (Lipinski definition) is 3. The van der Waals surface area contributed by atoms with Gasteiger partial charge in [-0.3, -0.25) is 9.48 Å². The third-order valence-electron chi connectivity index (χ3n) is 2.54. The van der Waals surface area contributed by atoms with Crippen molar-refractivity contribution < 1.29 is 4.79 Å². The number of carbonyl (C=O) groups is 1. The molecule has 1 heterocycles. The molecular weight excluding hydrogens is 204 g/mol. The quantitative estimate of drug-likeness (QED) is 0.758. The summed E-state index contributed by atoms with van der Waals surface area (Å²) in [4.78, 5) is 11.7. The summed E-state index contributed by atoms with van der Waals surface area (Å²) in [6, 6.07) is 2.01. The SMILES string of the molecule is CCC(CN)NC(=O)Cn1nc(C)cc1C. The number of nitrogens with zero attached hydrogens (tertiary/aromatic N) is 2. The first-order valence-electron chi connectivity index (χ1n) is 5.57. The van der Waals surface area contributed by atoms with Crippen molar-refractivity contribution in [3.8, 4) is 0 Å². The average molecular weight is 224 g/mol. The molecule has 0 bridgehead atoms. The highest BCUT2D eigenvalue weighted by Crippen LogP contribution is 2.01. The van der Waals surface area contributed by atoms with E-state index in [1.807, 2.05) is 26.8 Å². The lowest BCUT2D eigenvalue weighted by Crippen LogP contribution is -2.41. The molecule has 0 aliphatic rings. The number of hydrogen-bond donors (Lipinski definition) is 2. The number of amides is 1. The Hall–Kier alpha value is -1.36. The first-order valence-corrected chi connectivity index (χ1v) is 5.57. The van der Waals surface area contributed by atoms with Crippen molar-refractivity contribution in [3.05, 3.63) is 17.5 Å². The van der Waals surface area contributed by atoms with E-state index < -0.39 is 0 Å². The lowest BCUT2D eigenvalue weighted by molar-refractivity contribution is -0.122. The van der Waals surface area contributed by atoms with Crippen LogP contribution in [-0.2, 0) is 11.3 Å². The number of aromatic nitrogens is 2. The molecule has 5 nitrogen and oxygen atoms in total. The molecule has 3 N–H and O–H groups in total. The molecule has 0 fully saturated rings. The summed E-state index contributed by atoms with van der Waals surface area (Å²) in [5.74, 6) is -0.0384. The van der Waals surface area contributed by atoms with Crippen molar-refractivity contribution in [2.75, 3.05) is 6.54 Å². The van der Waals surface area contributed by atoms with Crippen LogP contribution in [0.1, 0.15) is 24.7 Å². The second-order valence-corrected chi connectivity index (χ2v) is 3.99. The monoisotopic (exact) mass is 224 g/mol. The molecule has 1 rings (SSSR count). The Morgan fingerprint density at radius 1 is 1.62 bits per heavy atom. The third-order valence-corrected chi connectivity index (χ3v) is 2.54. The first kappa shape index (κ1) is 12.7. The van der Waals surface area contributed by atoms with Crippen molar-refractivity contribution in [2.45, 2.75) is 39.8 Å². The maximum absolute atomic E-state index is 11.7. The molecule has 0 spiro atoms. The summed E-state index contributed by atoms with van der Waals surface area (Å²) in [5, 5.41) is 7.11. The lowest BCUT2D eigenvalue weighted by Gasteiger charge is -2.14. The topological polar surface area (TPSA) is 72.9 Å². The van der Waals surface area contributed by atoms with Gasteiger partial charge in [0.25, 0.3) is 0 Å². The Morgan fingerprint density at radius 2 is 2.31 bits per heavy atom. The molecule has 5 heteroatoms. The van der Waals surface area contributed by atoms with Gasteiger partial charge >= 0.3 is 0 Å². The smallest absolute Gasteiger partial charge is 0.242 e. The van der Waals surface area contributed by atoms with Gasteiger partial charge in [-0.05, 0) is 26.3 Å². The van der Waals surface area contributed by atoms with Crippen LogP contribution in [0, 0.1) is 13.8 Å². The van der Waals surface area contributed by atoms with Gasteiger partial charge in [0, 0.05) is 18.3 Å². The van der Waals surface area contributed by atoms with E-state index >= 15 is 0 Å². The fourth-order valence-electron chi connectivity index (χ4n) is 1.57. The van der Waals surface area contributed by atoms with Crippen LogP contribution in [0.15, 0.2) is 6.07 Å². The van der Waals surface area contributed by atoms with E-state index in [0.717, 1.165) is 17.8 Å². The summed E-state index contributed by atoms with van der Waals surface area (Å²) in [7, 11) is 0. The zero-order valence-electron chi connectivity index (χ0n) is 10.2. The highest BCUT2D eigenvalue weighted by atomic mass is 16.2. The van der Waals surface area contributed by atoms with Gasteiger partial charge in [0.05, 0.1) is 5.69 Å². The molecule has 0 aliphatic carbocycles. The summed E-state index contributed by atoms with van der Waals surface area (Å²) < 4.78 is 1.70. The Labute approximate surface area is 96.0 Å². The van der Waals surface area contributed by atoms with E-state index in [0.29, 0.717) is 6.54 Å². The molecular formula is C11H20N4O. The number of nitrogens with one attached hydrogen (secondary N) is 1. The molecule has 1 atom stereocenters. The molecule has 1 aromatic heterocycles. The van der Waals surface area contributed by atoms with Crippen LogP contribution >= 0.6 is 0 Å². The number of nitrogens with two attached hydrogens (primary N) is 1. The van der Waals surface area contributed by atoms with Gasteiger partial charge in [-0.2, -0.15) is 5.10 Å². The first-order chi connectivity index (χ1) is 7.56. The normalized spacial score (nSPS) is 12.5. The Morgan fingerprint density at radius 3 is 2.75 bits per heavy atom. The molecule has 0 aliphatic heterocycles. The Balaban J connectivity index is 2.54. The summed E-state index contributed by atoms with van der Waals surface area (Å²) >= 11 is 0. The van der Waals surface area contributed by atoms with Crippen LogP contribution in [0.4, 0.5) is 0 Å². The Bertz CT molecular complexity index is 355. The van der Waals surface area contributed by atoms with Gasteiger partial charge in [0.15, 0.2) is 0 Å². The second kappa shape index (κ2) is 5.65. The highest BCUT2D eigenvalue weighted by Gasteiger charge is 2.10. The van der Waals surface area contributed by atoms with Crippen molar-refractivity contribution >= 4 is 5.91 Å².